The Morgan fingerprint density at radius 1 is 1.29 bits per heavy atom. The second kappa shape index (κ2) is 7.50. The molecule has 0 amide bonds. The zero-order valence-electron chi connectivity index (χ0n) is 13.5. The van der Waals surface area contributed by atoms with Crippen molar-refractivity contribution < 1.29 is 13.2 Å². The van der Waals surface area contributed by atoms with Crippen LogP contribution in [0.4, 0.5) is 5.13 Å². The van der Waals surface area contributed by atoms with Gasteiger partial charge in [-0.3, -0.25) is 0 Å². The summed E-state index contributed by atoms with van der Waals surface area (Å²) in [5, 5.41) is 2.96. The monoisotopic (exact) mass is 367 g/mol. The fourth-order valence-electron chi connectivity index (χ4n) is 2.73. The number of nitrogens with one attached hydrogen (secondary N) is 1. The van der Waals surface area contributed by atoms with Gasteiger partial charge in [0.2, 0.25) is 10.0 Å². The van der Waals surface area contributed by atoms with Gasteiger partial charge in [-0.2, -0.15) is 0 Å². The molecule has 0 saturated carbocycles. The standard InChI is InChI=1S/C16H21N3O3S2/c1-2-22-14-3-5-15(6-4-14)24(20,21)18-13-7-10-19(11-8-13)16-17-9-12-23-16/h3-6,9,12-13,18H,2,7-8,10-11H2,1H3. The van der Waals surface area contributed by atoms with Crippen molar-refractivity contribution in [3.8, 4) is 5.75 Å². The second-order valence-electron chi connectivity index (χ2n) is 5.60. The van der Waals surface area contributed by atoms with Crippen molar-refractivity contribution in [1.82, 2.24) is 9.71 Å². The van der Waals surface area contributed by atoms with Crippen molar-refractivity contribution in [3.05, 3.63) is 35.8 Å². The number of piperidine rings is 1. The molecule has 2 heterocycles. The van der Waals surface area contributed by atoms with E-state index in [1.165, 1.54) is 0 Å². The first-order valence-corrected chi connectivity index (χ1v) is 10.3. The molecule has 8 heteroatoms. The molecule has 1 aliphatic rings. The topological polar surface area (TPSA) is 71.5 Å². The van der Waals surface area contributed by atoms with E-state index in [2.05, 4.69) is 14.6 Å². The number of thiazole rings is 1. The Hall–Kier alpha value is -1.64. The van der Waals surface area contributed by atoms with E-state index in [0.717, 1.165) is 31.1 Å². The van der Waals surface area contributed by atoms with Crippen LogP contribution in [0.3, 0.4) is 0 Å². The van der Waals surface area contributed by atoms with Crippen LogP contribution in [0.5, 0.6) is 5.75 Å². The highest BCUT2D eigenvalue weighted by atomic mass is 32.2. The lowest BCUT2D eigenvalue weighted by Crippen LogP contribution is -2.44. The predicted octanol–water partition coefficient (Wildman–Crippen LogP) is 2.49. The largest absolute Gasteiger partial charge is 0.494 e. The normalized spacial score (nSPS) is 16.3. The van der Waals surface area contributed by atoms with Gasteiger partial charge in [0.25, 0.3) is 0 Å². The van der Waals surface area contributed by atoms with Crippen LogP contribution in [0.15, 0.2) is 40.7 Å². The van der Waals surface area contributed by atoms with Gasteiger partial charge in [-0.15, -0.1) is 11.3 Å². The Bertz CT molecular complexity index is 737. The maximum atomic E-state index is 12.5. The van der Waals surface area contributed by atoms with Crippen molar-refractivity contribution in [1.29, 1.82) is 0 Å². The summed E-state index contributed by atoms with van der Waals surface area (Å²) in [5.74, 6) is 0.674. The average Bonchev–Trinajstić information content (AvgIpc) is 3.10. The van der Waals surface area contributed by atoms with Crippen molar-refractivity contribution in [2.24, 2.45) is 0 Å². The number of rotatable bonds is 6. The third kappa shape index (κ3) is 4.06. The molecule has 0 spiro atoms. The van der Waals surface area contributed by atoms with E-state index in [-0.39, 0.29) is 10.9 Å². The number of hydrogen-bond donors (Lipinski definition) is 1. The van der Waals surface area contributed by atoms with Gasteiger partial charge >= 0.3 is 0 Å². The van der Waals surface area contributed by atoms with Crippen LogP contribution in [0.2, 0.25) is 0 Å². The number of hydrogen-bond acceptors (Lipinski definition) is 6. The lowest BCUT2D eigenvalue weighted by molar-refractivity contribution is 0.340. The first-order chi connectivity index (χ1) is 11.6. The average molecular weight is 367 g/mol. The van der Waals surface area contributed by atoms with Crippen molar-refractivity contribution in [3.63, 3.8) is 0 Å². The van der Waals surface area contributed by atoms with E-state index < -0.39 is 10.0 Å². The summed E-state index contributed by atoms with van der Waals surface area (Å²) in [7, 11) is -3.50. The number of sulfonamides is 1. The SMILES string of the molecule is CCOc1ccc(S(=O)(=O)NC2CCN(c3nccs3)CC2)cc1. The van der Waals surface area contributed by atoms with Crippen LogP contribution < -0.4 is 14.4 Å². The lowest BCUT2D eigenvalue weighted by atomic mass is 10.1. The highest BCUT2D eigenvalue weighted by Crippen LogP contribution is 2.23. The molecule has 2 aromatic rings. The molecule has 1 N–H and O–H groups in total. The minimum absolute atomic E-state index is 0.0437. The second-order valence-corrected chi connectivity index (χ2v) is 8.19. The summed E-state index contributed by atoms with van der Waals surface area (Å²) in [6.45, 7) is 4.07. The molecule has 24 heavy (non-hydrogen) atoms. The Kier molecular flexibility index (Phi) is 5.37. The van der Waals surface area contributed by atoms with E-state index in [1.807, 2.05) is 12.3 Å². The molecule has 1 aliphatic heterocycles. The fourth-order valence-corrected chi connectivity index (χ4v) is 4.73. The maximum Gasteiger partial charge on any atom is 0.240 e. The van der Waals surface area contributed by atoms with Gasteiger partial charge in [-0.25, -0.2) is 18.1 Å². The van der Waals surface area contributed by atoms with E-state index in [0.29, 0.717) is 12.4 Å². The fraction of sp³-hybridized carbons (Fsp3) is 0.438. The zero-order chi connectivity index (χ0) is 17.0. The number of benzene rings is 1. The van der Waals surface area contributed by atoms with Gasteiger partial charge in [0.05, 0.1) is 11.5 Å². The minimum Gasteiger partial charge on any atom is -0.494 e. The van der Waals surface area contributed by atoms with Gasteiger partial charge in [-0.05, 0) is 44.0 Å². The van der Waals surface area contributed by atoms with Gasteiger partial charge in [0, 0.05) is 30.7 Å². The highest BCUT2D eigenvalue weighted by molar-refractivity contribution is 7.89. The molecule has 0 unspecified atom stereocenters. The van der Waals surface area contributed by atoms with Crippen molar-refractivity contribution >= 4 is 26.5 Å². The van der Waals surface area contributed by atoms with Crippen LogP contribution in [0, 0.1) is 0 Å². The summed E-state index contributed by atoms with van der Waals surface area (Å²) in [6, 6.07) is 6.49. The van der Waals surface area contributed by atoms with Crippen LogP contribution >= 0.6 is 11.3 Å². The third-order valence-electron chi connectivity index (χ3n) is 3.95. The maximum absolute atomic E-state index is 12.5. The molecule has 0 atom stereocenters. The van der Waals surface area contributed by atoms with Crippen LogP contribution in [-0.2, 0) is 10.0 Å². The number of ether oxygens (including phenoxy) is 1. The highest BCUT2D eigenvalue weighted by Gasteiger charge is 2.25. The van der Waals surface area contributed by atoms with Gasteiger partial charge in [-0.1, -0.05) is 0 Å². The molecule has 1 fully saturated rings. The summed E-state index contributed by atoms with van der Waals surface area (Å²) < 4.78 is 33.2. The molecular weight excluding hydrogens is 346 g/mol. The quantitative estimate of drug-likeness (QED) is 0.849. The number of aromatic nitrogens is 1. The molecular formula is C16H21N3O3S2. The molecule has 6 nitrogen and oxygen atoms in total. The summed E-state index contributed by atoms with van der Waals surface area (Å²) in [4.78, 5) is 6.78. The van der Waals surface area contributed by atoms with Gasteiger partial charge < -0.3 is 9.64 Å². The van der Waals surface area contributed by atoms with E-state index in [4.69, 9.17) is 4.74 Å². The molecule has 0 aliphatic carbocycles. The van der Waals surface area contributed by atoms with Crippen LogP contribution in [0.1, 0.15) is 19.8 Å². The Balaban J connectivity index is 1.59. The summed E-state index contributed by atoms with van der Waals surface area (Å²) in [6.07, 6.45) is 3.34. The number of nitrogens with zero attached hydrogens (tertiary/aromatic N) is 2. The van der Waals surface area contributed by atoms with E-state index >= 15 is 0 Å². The zero-order valence-corrected chi connectivity index (χ0v) is 15.1. The Labute approximate surface area is 146 Å². The molecule has 130 valence electrons. The van der Waals surface area contributed by atoms with Crippen molar-refractivity contribution in [2.75, 3.05) is 24.6 Å². The first kappa shape index (κ1) is 17.2. The molecule has 0 radical (unpaired) electrons. The summed E-state index contributed by atoms with van der Waals surface area (Å²) >= 11 is 1.61. The van der Waals surface area contributed by atoms with E-state index in [1.54, 1.807) is 41.8 Å². The third-order valence-corrected chi connectivity index (χ3v) is 6.32. The lowest BCUT2D eigenvalue weighted by Gasteiger charge is -2.31. The van der Waals surface area contributed by atoms with Crippen LogP contribution in [-0.4, -0.2) is 39.1 Å². The van der Waals surface area contributed by atoms with Crippen LogP contribution in [0.25, 0.3) is 0 Å². The van der Waals surface area contributed by atoms with Gasteiger partial charge in [0.1, 0.15) is 5.75 Å². The number of anilines is 1. The molecule has 1 aromatic heterocycles. The Morgan fingerprint density at radius 3 is 2.58 bits per heavy atom. The molecule has 0 bridgehead atoms. The van der Waals surface area contributed by atoms with Gasteiger partial charge in [0.15, 0.2) is 5.13 Å². The van der Waals surface area contributed by atoms with E-state index in [9.17, 15) is 8.42 Å². The minimum atomic E-state index is -3.50. The smallest absolute Gasteiger partial charge is 0.240 e. The molecule has 1 aromatic carbocycles. The Morgan fingerprint density at radius 2 is 2.00 bits per heavy atom. The molecule has 1 saturated heterocycles. The predicted molar refractivity (Wildman–Crippen MR) is 95.3 cm³/mol. The summed E-state index contributed by atoms with van der Waals surface area (Å²) in [5.41, 5.74) is 0. The molecule has 3 rings (SSSR count). The first-order valence-electron chi connectivity index (χ1n) is 7.98. The van der Waals surface area contributed by atoms with Crippen molar-refractivity contribution in [2.45, 2.75) is 30.7 Å².